The quantitative estimate of drug-likeness (QED) is 0.607. The van der Waals surface area contributed by atoms with Crippen molar-refractivity contribution in [1.29, 1.82) is 0 Å². The third-order valence-electron chi connectivity index (χ3n) is 1.75. The number of ether oxygens (including phenoxy) is 1. The maximum Gasteiger partial charge on any atom is 0.316 e. The molecule has 1 rings (SSSR count). The van der Waals surface area contributed by atoms with E-state index in [1.54, 1.807) is 0 Å². The molecule has 0 heterocycles. The van der Waals surface area contributed by atoms with E-state index in [1.165, 1.54) is 13.2 Å². The molecule has 0 saturated heterocycles. The van der Waals surface area contributed by atoms with Gasteiger partial charge in [0, 0.05) is 11.6 Å². The molecule has 0 spiro atoms. The summed E-state index contributed by atoms with van der Waals surface area (Å²) >= 11 is 0. The van der Waals surface area contributed by atoms with E-state index in [1.807, 2.05) is 0 Å². The minimum atomic E-state index is -3.07. The third kappa shape index (κ3) is 3.20. The zero-order valence-corrected chi connectivity index (χ0v) is 8.99. The first-order valence-corrected chi connectivity index (χ1v) is 5.28. The third-order valence-corrected chi connectivity index (χ3v) is 2.14. The number of hydrogen-bond donors (Lipinski definition) is 2. The second-order valence-electron chi connectivity index (χ2n) is 2.74. The van der Waals surface area contributed by atoms with Crippen LogP contribution >= 0.6 is 8.25 Å². The molecule has 7 heteroatoms. The minimum absolute atomic E-state index is 0.119. The first-order chi connectivity index (χ1) is 7.04. The van der Waals surface area contributed by atoms with Gasteiger partial charge in [-0.1, -0.05) is 0 Å². The highest BCUT2D eigenvalue weighted by atomic mass is 31.1. The zero-order valence-electron chi connectivity index (χ0n) is 7.99. The Balaban J connectivity index is 2.92. The fourth-order valence-corrected chi connectivity index (χ4v) is 1.32. The highest BCUT2D eigenvalue weighted by Gasteiger charge is 2.09. The van der Waals surface area contributed by atoms with Crippen LogP contribution in [0.2, 0.25) is 0 Å². The molecule has 0 aliphatic carbocycles. The summed E-state index contributed by atoms with van der Waals surface area (Å²) in [7, 11) is -1.67. The van der Waals surface area contributed by atoms with Gasteiger partial charge in [-0.25, -0.2) is 4.39 Å². The number of anilines is 1. The van der Waals surface area contributed by atoms with Crippen molar-refractivity contribution in [2.24, 2.45) is 0 Å². The van der Waals surface area contributed by atoms with E-state index in [2.05, 4.69) is 4.52 Å². The Morgan fingerprint density at radius 3 is 2.80 bits per heavy atom. The highest BCUT2D eigenvalue weighted by Crippen LogP contribution is 2.27. The van der Waals surface area contributed by atoms with Gasteiger partial charge in [0.2, 0.25) is 0 Å². The average Bonchev–Trinajstić information content (AvgIpc) is 2.16. The monoisotopic (exact) mass is 235 g/mol. The molecule has 0 aliphatic rings. The van der Waals surface area contributed by atoms with Gasteiger partial charge in [-0.2, -0.15) is 0 Å². The van der Waals surface area contributed by atoms with Crippen molar-refractivity contribution >= 4 is 13.9 Å². The van der Waals surface area contributed by atoms with E-state index in [9.17, 15) is 8.96 Å². The Kier molecular flexibility index (Phi) is 4.08. The van der Waals surface area contributed by atoms with E-state index in [0.717, 1.165) is 6.07 Å². The number of nitrogens with two attached hydrogens (primary N) is 1. The predicted molar refractivity (Wildman–Crippen MR) is 53.4 cm³/mol. The van der Waals surface area contributed by atoms with E-state index >= 15 is 0 Å². The summed E-state index contributed by atoms with van der Waals surface area (Å²) in [6.45, 7) is -0.295. The number of nitrogen functional groups attached to an aromatic ring is 1. The zero-order chi connectivity index (χ0) is 11.4. The fraction of sp³-hybridized carbons (Fsp3) is 0.250. The van der Waals surface area contributed by atoms with Crippen LogP contribution in [0.4, 0.5) is 10.1 Å². The Labute approximate surface area is 86.6 Å². The fourth-order valence-electron chi connectivity index (χ4n) is 1.04. The molecule has 5 nitrogen and oxygen atoms in total. The number of rotatable bonds is 4. The second kappa shape index (κ2) is 5.11. The summed E-state index contributed by atoms with van der Waals surface area (Å²) in [5, 5.41) is 0. The van der Waals surface area contributed by atoms with Crippen LogP contribution in [-0.2, 0) is 15.7 Å². The molecule has 84 valence electrons. The number of hydrogen-bond acceptors (Lipinski definition) is 4. The molecule has 0 saturated carbocycles. The lowest BCUT2D eigenvalue weighted by Crippen LogP contribution is -1.98. The second-order valence-corrected chi connectivity index (χ2v) is 3.56. The lowest BCUT2D eigenvalue weighted by atomic mass is 10.2. The number of halogens is 1. The normalized spacial score (nSPS) is 12.5. The summed E-state index contributed by atoms with van der Waals surface area (Å²) < 4.78 is 32.8. The van der Waals surface area contributed by atoms with Gasteiger partial charge in [0.15, 0.2) is 0 Å². The molecule has 1 aromatic rings. The van der Waals surface area contributed by atoms with Gasteiger partial charge in [-0.3, -0.25) is 4.57 Å². The van der Waals surface area contributed by atoms with Crippen molar-refractivity contribution < 1.29 is 23.1 Å². The van der Waals surface area contributed by atoms with Crippen molar-refractivity contribution in [3.05, 3.63) is 23.5 Å². The molecule has 1 atom stereocenters. The van der Waals surface area contributed by atoms with Crippen LogP contribution in [0.25, 0.3) is 0 Å². The molecule has 0 fully saturated rings. The Bertz CT molecular complexity index is 385. The van der Waals surface area contributed by atoms with E-state index in [4.69, 9.17) is 15.4 Å². The lowest BCUT2D eigenvalue weighted by Gasteiger charge is -2.08. The van der Waals surface area contributed by atoms with Gasteiger partial charge < -0.3 is 19.9 Å². The summed E-state index contributed by atoms with van der Waals surface area (Å²) in [6.07, 6.45) is 0. The topological polar surface area (TPSA) is 81.8 Å². The van der Waals surface area contributed by atoms with Crippen molar-refractivity contribution in [1.82, 2.24) is 0 Å². The molecular weight excluding hydrogens is 224 g/mol. The van der Waals surface area contributed by atoms with Crippen LogP contribution in [0.1, 0.15) is 5.56 Å². The molecule has 3 N–H and O–H groups in total. The van der Waals surface area contributed by atoms with Crippen LogP contribution in [-0.4, -0.2) is 12.0 Å². The van der Waals surface area contributed by atoms with Crippen LogP contribution in [0, 0.1) is 5.82 Å². The van der Waals surface area contributed by atoms with Gasteiger partial charge in [0.05, 0.1) is 19.4 Å². The first-order valence-electron chi connectivity index (χ1n) is 4.02. The van der Waals surface area contributed by atoms with Crippen LogP contribution in [0.15, 0.2) is 12.1 Å². The molecule has 0 aromatic heterocycles. The van der Waals surface area contributed by atoms with E-state index in [0.29, 0.717) is 5.75 Å². The van der Waals surface area contributed by atoms with Gasteiger partial charge in [-0.15, -0.1) is 0 Å². The lowest BCUT2D eigenvalue weighted by molar-refractivity contribution is 0.267. The van der Waals surface area contributed by atoms with Gasteiger partial charge in [-0.05, 0) is 6.07 Å². The smallest absolute Gasteiger partial charge is 0.316 e. The van der Waals surface area contributed by atoms with Crippen molar-refractivity contribution in [2.75, 3.05) is 12.8 Å². The molecule has 1 unspecified atom stereocenters. The standard InChI is InChI=1S/C8H11FNO4P/c1-13-8-2-5(4-14-15(11)12)6(9)3-7(8)10/h2-3,15H,4,10H2,1H3,(H,11,12). The van der Waals surface area contributed by atoms with E-state index < -0.39 is 14.1 Å². The maximum atomic E-state index is 13.2. The average molecular weight is 235 g/mol. The maximum absolute atomic E-state index is 13.2. The molecule has 1 aromatic carbocycles. The number of methoxy groups -OCH3 is 1. The summed E-state index contributed by atoms with van der Waals surface area (Å²) in [4.78, 5) is 8.43. The van der Waals surface area contributed by atoms with Crippen molar-refractivity contribution in [2.45, 2.75) is 6.61 Å². The SMILES string of the molecule is COc1cc(CO[PH](=O)O)c(F)cc1N. The summed E-state index contributed by atoms with van der Waals surface area (Å²) in [5.41, 5.74) is 5.73. The molecular formula is C8H11FNO4P. The van der Waals surface area contributed by atoms with Gasteiger partial charge in [0.25, 0.3) is 0 Å². The Morgan fingerprint density at radius 2 is 2.27 bits per heavy atom. The highest BCUT2D eigenvalue weighted by molar-refractivity contribution is 7.32. The Morgan fingerprint density at radius 1 is 1.60 bits per heavy atom. The van der Waals surface area contributed by atoms with Crippen LogP contribution in [0.3, 0.4) is 0 Å². The first kappa shape index (κ1) is 12.0. The summed E-state index contributed by atoms with van der Waals surface area (Å²) in [5.74, 6) is -0.302. The summed E-state index contributed by atoms with van der Waals surface area (Å²) in [6, 6.07) is 2.40. The molecule has 0 aliphatic heterocycles. The van der Waals surface area contributed by atoms with Gasteiger partial charge >= 0.3 is 8.25 Å². The molecule has 0 radical (unpaired) electrons. The molecule has 0 amide bonds. The predicted octanol–water partition coefficient (Wildman–Crippen LogP) is 1.32. The van der Waals surface area contributed by atoms with Crippen molar-refractivity contribution in [3.8, 4) is 5.75 Å². The van der Waals surface area contributed by atoms with Crippen molar-refractivity contribution in [3.63, 3.8) is 0 Å². The minimum Gasteiger partial charge on any atom is -0.495 e. The Hall–Kier alpha value is -1.10. The van der Waals surface area contributed by atoms with Gasteiger partial charge in [0.1, 0.15) is 11.6 Å². The molecule has 15 heavy (non-hydrogen) atoms. The van der Waals surface area contributed by atoms with E-state index in [-0.39, 0.29) is 17.9 Å². The number of benzene rings is 1. The molecule has 0 bridgehead atoms. The van der Waals surface area contributed by atoms with Crippen LogP contribution < -0.4 is 10.5 Å². The largest absolute Gasteiger partial charge is 0.495 e. The van der Waals surface area contributed by atoms with Crippen LogP contribution in [0.5, 0.6) is 5.75 Å².